The zero-order valence-electron chi connectivity index (χ0n) is 12.5. The summed E-state index contributed by atoms with van der Waals surface area (Å²) in [7, 11) is 0. The van der Waals surface area contributed by atoms with Gasteiger partial charge < -0.3 is 5.32 Å². The van der Waals surface area contributed by atoms with Crippen molar-refractivity contribution in [2.75, 3.05) is 19.6 Å². The maximum absolute atomic E-state index is 3.82. The summed E-state index contributed by atoms with van der Waals surface area (Å²) in [6.45, 7) is 6.45. The molecule has 1 heterocycles. The number of rotatable bonds is 3. The highest BCUT2D eigenvalue weighted by molar-refractivity contribution is 4.95. The van der Waals surface area contributed by atoms with Crippen molar-refractivity contribution < 1.29 is 0 Å². The van der Waals surface area contributed by atoms with Gasteiger partial charge in [-0.15, -0.1) is 0 Å². The van der Waals surface area contributed by atoms with Crippen molar-refractivity contribution >= 4 is 0 Å². The Bertz CT molecular complexity index is 325. The summed E-state index contributed by atoms with van der Waals surface area (Å²) in [6.07, 6.45) is 10.5. The maximum Gasteiger partial charge on any atom is 0.0223 e. The van der Waals surface area contributed by atoms with E-state index in [4.69, 9.17) is 0 Å². The van der Waals surface area contributed by atoms with Crippen LogP contribution in [0.2, 0.25) is 0 Å². The number of fused-ring (bicyclic) bond motifs is 2. The predicted octanol–water partition coefficient (Wildman–Crippen LogP) is 2.89. The fourth-order valence-electron chi connectivity index (χ4n) is 5.13. The molecule has 1 aliphatic heterocycles. The van der Waals surface area contributed by atoms with E-state index in [0.717, 1.165) is 35.8 Å². The molecule has 2 heteroatoms. The average molecular weight is 262 g/mol. The number of nitrogens with zero attached hydrogens (tertiary/aromatic N) is 1. The SMILES string of the molecule is CC1CCNC(C2CC2)CN1CC1CC2CCC1C2. The highest BCUT2D eigenvalue weighted by Crippen LogP contribution is 2.48. The van der Waals surface area contributed by atoms with Crippen molar-refractivity contribution in [1.29, 1.82) is 0 Å². The summed E-state index contributed by atoms with van der Waals surface area (Å²) < 4.78 is 0. The van der Waals surface area contributed by atoms with Gasteiger partial charge in [0.1, 0.15) is 0 Å². The number of nitrogens with one attached hydrogen (secondary N) is 1. The van der Waals surface area contributed by atoms with Crippen LogP contribution in [0.4, 0.5) is 0 Å². The van der Waals surface area contributed by atoms with E-state index in [2.05, 4.69) is 17.1 Å². The lowest BCUT2D eigenvalue weighted by molar-refractivity contribution is 0.143. The van der Waals surface area contributed by atoms with E-state index in [9.17, 15) is 0 Å². The van der Waals surface area contributed by atoms with Gasteiger partial charge in [0.05, 0.1) is 0 Å². The third-order valence-electron chi connectivity index (χ3n) is 6.57. The van der Waals surface area contributed by atoms with Crippen LogP contribution < -0.4 is 5.32 Å². The van der Waals surface area contributed by atoms with E-state index in [-0.39, 0.29) is 0 Å². The van der Waals surface area contributed by atoms with Crippen molar-refractivity contribution in [1.82, 2.24) is 10.2 Å². The first-order chi connectivity index (χ1) is 9.29. The fraction of sp³-hybridized carbons (Fsp3) is 1.00. The van der Waals surface area contributed by atoms with Crippen molar-refractivity contribution in [2.45, 2.75) is 64.0 Å². The fourth-order valence-corrected chi connectivity index (χ4v) is 5.13. The van der Waals surface area contributed by atoms with Gasteiger partial charge in [-0.05, 0) is 75.7 Å². The van der Waals surface area contributed by atoms with Crippen molar-refractivity contribution in [2.24, 2.45) is 23.7 Å². The summed E-state index contributed by atoms with van der Waals surface area (Å²) in [6, 6.07) is 1.61. The minimum absolute atomic E-state index is 0.801. The lowest BCUT2D eigenvalue weighted by Gasteiger charge is -2.34. The molecule has 4 aliphatic rings. The van der Waals surface area contributed by atoms with Crippen LogP contribution in [0.15, 0.2) is 0 Å². The average Bonchev–Trinajstić information content (AvgIpc) is 3.09. The van der Waals surface area contributed by atoms with Crippen LogP contribution in [0.3, 0.4) is 0 Å². The molecule has 3 aliphatic carbocycles. The highest BCUT2D eigenvalue weighted by Gasteiger charge is 2.41. The van der Waals surface area contributed by atoms with Crippen LogP contribution in [0.1, 0.15) is 51.9 Å². The monoisotopic (exact) mass is 262 g/mol. The Labute approximate surface area is 118 Å². The zero-order chi connectivity index (χ0) is 12.8. The van der Waals surface area contributed by atoms with Crippen LogP contribution in [-0.2, 0) is 0 Å². The molecule has 108 valence electrons. The van der Waals surface area contributed by atoms with E-state index >= 15 is 0 Å². The molecule has 0 amide bonds. The molecule has 2 nitrogen and oxygen atoms in total. The van der Waals surface area contributed by atoms with Gasteiger partial charge in [0.2, 0.25) is 0 Å². The summed E-state index contributed by atoms with van der Waals surface area (Å²) in [5.41, 5.74) is 0. The van der Waals surface area contributed by atoms with Gasteiger partial charge in [-0.25, -0.2) is 0 Å². The molecule has 1 N–H and O–H groups in total. The van der Waals surface area contributed by atoms with Crippen LogP contribution in [0.5, 0.6) is 0 Å². The van der Waals surface area contributed by atoms with Gasteiger partial charge in [-0.2, -0.15) is 0 Å². The molecule has 5 atom stereocenters. The molecule has 0 aromatic heterocycles. The van der Waals surface area contributed by atoms with E-state index < -0.39 is 0 Å². The van der Waals surface area contributed by atoms with E-state index in [1.54, 1.807) is 25.7 Å². The summed E-state index contributed by atoms with van der Waals surface area (Å²) in [5.74, 6) is 4.24. The van der Waals surface area contributed by atoms with Crippen LogP contribution >= 0.6 is 0 Å². The minimum Gasteiger partial charge on any atom is -0.312 e. The van der Waals surface area contributed by atoms with Crippen molar-refractivity contribution in [3.8, 4) is 0 Å². The van der Waals surface area contributed by atoms with Gasteiger partial charge in [0.15, 0.2) is 0 Å². The van der Waals surface area contributed by atoms with Gasteiger partial charge >= 0.3 is 0 Å². The summed E-state index contributed by atoms with van der Waals surface area (Å²) >= 11 is 0. The first-order valence-electron chi connectivity index (χ1n) is 8.77. The van der Waals surface area contributed by atoms with Crippen molar-refractivity contribution in [3.63, 3.8) is 0 Å². The Morgan fingerprint density at radius 3 is 2.53 bits per heavy atom. The van der Waals surface area contributed by atoms with E-state index in [1.165, 1.54) is 38.9 Å². The normalized spacial score (nSPS) is 47.5. The van der Waals surface area contributed by atoms with Crippen LogP contribution in [-0.4, -0.2) is 36.6 Å². The van der Waals surface area contributed by atoms with Gasteiger partial charge in [-0.3, -0.25) is 4.90 Å². The van der Waals surface area contributed by atoms with E-state index in [0.29, 0.717) is 0 Å². The topological polar surface area (TPSA) is 15.3 Å². The number of hydrogen-bond acceptors (Lipinski definition) is 2. The Morgan fingerprint density at radius 1 is 1.00 bits per heavy atom. The standard InChI is InChI=1S/C17H30N2/c1-12-6-7-18-17(14-4-5-14)11-19(12)10-16-9-13-2-3-15(16)8-13/h12-18H,2-11H2,1H3. The smallest absolute Gasteiger partial charge is 0.0223 e. The molecular formula is C17H30N2. The third kappa shape index (κ3) is 2.58. The molecule has 5 unspecified atom stereocenters. The first-order valence-corrected chi connectivity index (χ1v) is 8.77. The molecule has 0 spiro atoms. The molecule has 2 bridgehead atoms. The van der Waals surface area contributed by atoms with Gasteiger partial charge in [0.25, 0.3) is 0 Å². The minimum atomic E-state index is 0.801. The van der Waals surface area contributed by atoms with Gasteiger partial charge in [-0.1, -0.05) is 6.42 Å². The lowest BCUT2D eigenvalue weighted by Crippen LogP contribution is -2.44. The zero-order valence-corrected chi connectivity index (χ0v) is 12.5. The Kier molecular flexibility index (Phi) is 3.35. The Morgan fingerprint density at radius 2 is 1.84 bits per heavy atom. The molecule has 3 saturated carbocycles. The Hall–Kier alpha value is -0.0800. The third-order valence-corrected chi connectivity index (χ3v) is 6.57. The first kappa shape index (κ1) is 12.6. The molecular weight excluding hydrogens is 232 g/mol. The van der Waals surface area contributed by atoms with E-state index in [1.807, 2.05) is 0 Å². The second-order valence-electron chi connectivity index (χ2n) is 7.92. The quantitative estimate of drug-likeness (QED) is 0.841. The molecule has 4 rings (SSSR count). The second-order valence-corrected chi connectivity index (χ2v) is 7.92. The summed E-state index contributed by atoms with van der Waals surface area (Å²) in [5, 5.41) is 3.82. The predicted molar refractivity (Wildman–Crippen MR) is 79.1 cm³/mol. The molecule has 0 aromatic rings. The highest BCUT2D eigenvalue weighted by atomic mass is 15.2. The maximum atomic E-state index is 3.82. The second kappa shape index (κ2) is 5.04. The molecule has 4 fully saturated rings. The lowest BCUT2D eigenvalue weighted by atomic mass is 9.88. The molecule has 1 saturated heterocycles. The molecule has 19 heavy (non-hydrogen) atoms. The molecule has 0 aromatic carbocycles. The van der Waals surface area contributed by atoms with Gasteiger partial charge in [0, 0.05) is 25.2 Å². The molecule has 0 radical (unpaired) electrons. The number of hydrogen-bond donors (Lipinski definition) is 1. The summed E-state index contributed by atoms with van der Waals surface area (Å²) in [4.78, 5) is 2.86. The van der Waals surface area contributed by atoms with Crippen LogP contribution in [0.25, 0.3) is 0 Å². The largest absolute Gasteiger partial charge is 0.312 e. The van der Waals surface area contributed by atoms with Crippen LogP contribution in [0, 0.1) is 23.7 Å². The van der Waals surface area contributed by atoms with Crippen molar-refractivity contribution in [3.05, 3.63) is 0 Å². The Balaban J connectivity index is 1.39.